The van der Waals surface area contributed by atoms with Crippen molar-refractivity contribution in [3.05, 3.63) is 0 Å². The zero-order valence-corrected chi connectivity index (χ0v) is 13.7. The van der Waals surface area contributed by atoms with Gasteiger partial charge in [0.15, 0.2) is 6.17 Å². The number of alkyl halides is 3. The second kappa shape index (κ2) is 8.90. The average molecular weight is 336 g/mol. The molecule has 2 unspecified atom stereocenters. The highest BCUT2D eigenvalue weighted by Crippen LogP contribution is 2.32. The molecular weight excluding hydrogens is 309 g/mol. The van der Waals surface area contributed by atoms with E-state index in [-0.39, 0.29) is 24.9 Å². The largest absolute Gasteiger partial charge is 0.462 e. The van der Waals surface area contributed by atoms with E-state index in [1.54, 1.807) is 0 Å². The van der Waals surface area contributed by atoms with Crippen LogP contribution in [0.3, 0.4) is 0 Å². The Hall–Kier alpha value is -0.780. The molecule has 2 aliphatic carbocycles. The van der Waals surface area contributed by atoms with Crippen LogP contribution in [0.25, 0.3) is 0 Å². The maximum absolute atomic E-state index is 13.3. The van der Waals surface area contributed by atoms with E-state index in [0.29, 0.717) is 12.8 Å². The quantitative estimate of drug-likeness (QED) is 0.541. The number of carbonyl (C=O) groups excluding carboxylic acids is 1. The summed E-state index contributed by atoms with van der Waals surface area (Å²) in [5.74, 6) is -0.640. The zero-order valence-electron chi connectivity index (χ0n) is 13.7. The van der Waals surface area contributed by atoms with Gasteiger partial charge < -0.3 is 9.47 Å². The number of rotatable bonds is 6. The molecule has 3 nitrogen and oxygen atoms in total. The van der Waals surface area contributed by atoms with Crippen molar-refractivity contribution in [3.8, 4) is 0 Å². The van der Waals surface area contributed by atoms with Gasteiger partial charge in [-0.3, -0.25) is 4.79 Å². The third kappa shape index (κ3) is 5.37. The lowest BCUT2D eigenvalue weighted by atomic mass is 9.87. The van der Waals surface area contributed by atoms with Crippen LogP contribution >= 0.6 is 0 Å². The molecule has 0 radical (unpaired) electrons. The van der Waals surface area contributed by atoms with Crippen LogP contribution in [-0.2, 0) is 14.3 Å². The van der Waals surface area contributed by atoms with Crippen LogP contribution in [-0.4, -0.2) is 43.3 Å². The van der Waals surface area contributed by atoms with Gasteiger partial charge in [-0.2, -0.15) is 0 Å². The summed E-state index contributed by atoms with van der Waals surface area (Å²) in [6.45, 7) is 2.86. The summed E-state index contributed by atoms with van der Waals surface area (Å²) in [5, 5.41) is 0. The summed E-state index contributed by atoms with van der Waals surface area (Å²) in [5.41, 5.74) is 0. The van der Waals surface area contributed by atoms with Crippen LogP contribution in [0, 0.1) is 5.92 Å². The van der Waals surface area contributed by atoms with Gasteiger partial charge in [0.25, 0.3) is 0 Å². The van der Waals surface area contributed by atoms with Crippen LogP contribution in [0.2, 0.25) is 0 Å². The molecule has 0 spiro atoms. The summed E-state index contributed by atoms with van der Waals surface area (Å²) in [4.78, 5) is 12.1. The number of hydrogen-bond acceptors (Lipinski definition) is 3. The summed E-state index contributed by atoms with van der Waals surface area (Å²) in [6.07, 6.45) is -1.95. The maximum Gasteiger partial charge on any atom is 0.309 e. The van der Waals surface area contributed by atoms with E-state index in [0.717, 1.165) is 32.3 Å². The van der Waals surface area contributed by atoms with Crippen molar-refractivity contribution in [1.29, 1.82) is 0 Å². The number of esters is 1. The molecular formula is C17H27F3O3. The van der Waals surface area contributed by atoms with Crippen LogP contribution in [0.4, 0.5) is 13.2 Å². The molecule has 2 rings (SSSR count). The monoisotopic (exact) mass is 336 g/mol. The van der Waals surface area contributed by atoms with Crippen molar-refractivity contribution in [2.24, 2.45) is 5.92 Å². The van der Waals surface area contributed by atoms with Gasteiger partial charge in [0.05, 0.1) is 12.0 Å². The van der Waals surface area contributed by atoms with E-state index in [9.17, 15) is 18.0 Å². The number of halogens is 3. The first-order valence-corrected chi connectivity index (χ1v) is 8.75. The molecule has 23 heavy (non-hydrogen) atoms. The van der Waals surface area contributed by atoms with Crippen molar-refractivity contribution in [2.45, 2.75) is 89.0 Å². The summed E-state index contributed by atoms with van der Waals surface area (Å²) in [6, 6.07) is 0. The van der Waals surface area contributed by atoms with E-state index >= 15 is 0 Å². The minimum Gasteiger partial charge on any atom is -0.462 e. The van der Waals surface area contributed by atoms with Gasteiger partial charge in [-0.05, 0) is 32.1 Å². The molecule has 0 saturated heterocycles. The predicted octanol–water partition coefficient (Wildman–Crippen LogP) is 4.08. The molecule has 0 aromatic rings. The van der Waals surface area contributed by atoms with Crippen LogP contribution in [0.15, 0.2) is 0 Å². The Morgan fingerprint density at radius 2 is 1.61 bits per heavy atom. The van der Waals surface area contributed by atoms with Crippen molar-refractivity contribution >= 4 is 5.97 Å². The minimum atomic E-state index is -2.10. The smallest absolute Gasteiger partial charge is 0.309 e. The lowest BCUT2D eigenvalue weighted by molar-refractivity contribution is -0.161. The number of carbonyl (C=O) groups is 1. The first-order valence-electron chi connectivity index (χ1n) is 8.75. The molecule has 0 bridgehead atoms. The number of hydrogen-bond donors (Lipinski definition) is 0. The van der Waals surface area contributed by atoms with Crippen LogP contribution < -0.4 is 0 Å². The van der Waals surface area contributed by atoms with E-state index in [1.807, 2.05) is 0 Å². The van der Waals surface area contributed by atoms with Gasteiger partial charge >= 0.3 is 5.97 Å². The molecule has 0 aromatic carbocycles. The third-order valence-electron chi connectivity index (χ3n) is 4.81. The molecule has 6 heteroatoms. The van der Waals surface area contributed by atoms with Crippen molar-refractivity contribution in [3.63, 3.8) is 0 Å². The molecule has 2 fully saturated rings. The van der Waals surface area contributed by atoms with Gasteiger partial charge in [0, 0.05) is 19.4 Å². The van der Waals surface area contributed by atoms with E-state index < -0.39 is 30.6 Å². The molecule has 2 atom stereocenters. The van der Waals surface area contributed by atoms with Gasteiger partial charge in [0.2, 0.25) is 0 Å². The highest BCUT2D eigenvalue weighted by molar-refractivity contribution is 5.72. The molecule has 0 aromatic heterocycles. The Morgan fingerprint density at radius 3 is 2.17 bits per heavy atom. The predicted molar refractivity (Wildman–Crippen MR) is 80.4 cm³/mol. The molecule has 0 aliphatic heterocycles. The van der Waals surface area contributed by atoms with Gasteiger partial charge in [-0.1, -0.05) is 13.3 Å². The van der Waals surface area contributed by atoms with Crippen molar-refractivity contribution in [1.82, 2.24) is 0 Å². The van der Waals surface area contributed by atoms with E-state index in [2.05, 4.69) is 6.92 Å². The standard InChI is InChI=1S/C17H27F3O3/c1-2-3-8-22-12-6-4-11(5-7-12)17(21)23-13-9-14(18)16(20)15(19)10-13/h11-16H,2-10H2,1H3. The SMILES string of the molecule is CCCCOC1CCC(C(=O)OC2CC(F)C(F)C(F)C2)CC1. The minimum absolute atomic E-state index is 0.193. The molecule has 2 saturated carbocycles. The Balaban J connectivity index is 1.71. The van der Waals surface area contributed by atoms with Crippen molar-refractivity contribution < 1.29 is 27.4 Å². The van der Waals surface area contributed by atoms with E-state index in [4.69, 9.17) is 9.47 Å². The number of ether oxygens (including phenoxy) is 2. The fourth-order valence-electron chi connectivity index (χ4n) is 3.30. The average Bonchev–Trinajstić information content (AvgIpc) is 2.53. The summed E-state index contributed by atoms with van der Waals surface area (Å²) >= 11 is 0. The first kappa shape index (κ1) is 18.6. The molecule has 134 valence electrons. The number of unbranched alkanes of at least 4 members (excludes halogenated alkanes) is 1. The third-order valence-corrected chi connectivity index (χ3v) is 4.81. The van der Waals surface area contributed by atoms with Gasteiger partial charge in [-0.25, -0.2) is 13.2 Å². The van der Waals surface area contributed by atoms with Crippen LogP contribution in [0.5, 0.6) is 0 Å². The van der Waals surface area contributed by atoms with Crippen LogP contribution in [0.1, 0.15) is 58.3 Å². The topological polar surface area (TPSA) is 35.5 Å². The molecule has 0 amide bonds. The fourth-order valence-corrected chi connectivity index (χ4v) is 3.30. The highest BCUT2D eigenvalue weighted by atomic mass is 19.2. The maximum atomic E-state index is 13.3. The second-order valence-corrected chi connectivity index (χ2v) is 6.70. The zero-order chi connectivity index (χ0) is 16.8. The van der Waals surface area contributed by atoms with Gasteiger partial charge in [0.1, 0.15) is 18.4 Å². The Morgan fingerprint density at radius 1 is 1.00 bits per heavy atom. The molecule has 0 N–H and O–H groups in total. The van der Waals surface area contributed by atoms with E-state index in [1.165, 1.54) is 0 Å². The fraction of sp³-hybridized carbons (Fsp3) is 0.941. The summed E-state index contributed by atoms with van der Waals surface area (Å²) < 4.78 is 50.8. The lowest BCUT2D eigenvalue weighted by Crippen LogP contribution is -2.42. The Bertz CT molecular complexity index is 360. The highest BCUT2D eigenvalue weighted by Gasteiger charge is 2.41. The van der Waals surface area contributed by atoms with Crippen molar-refractivity contribution in [2.75, 3.05) is 6.61 Å². The second-order valence-electron chi connectivity index (χ2n) is 6.70. The molecule has 0 heterocycles. The first-order chi connectivity index (χ1) is 11.0. The van der Waals surface area contributed by atoms with Gasteiger partial charge in [-0.15, -0.1) is 0 Å². The Kier molecular flexibility index (Phi) is 7.18. The molecule has 2 aliphatic rings. The normalized spacial score (nSPS) is 38.3. The Labute approximate surface area is 135 Å². The summed E-state index contributed by atoms with van der Waals surface area (Å²) in [7, 11) is 0. The lowest BCUT2D eigenvalue weighted by Gasteiger charge is -2.32.